The molecule has 2 aromatic heterocycles. The monoisotopic (exact) mass is 446 g/mol. The third-order valence-electron chi connectivity index (χ3n) is 4.70. The Bertz CT molecular complexity index is 1330. The normalized spacial score (nSPS) is 13.8. The molecule has 0 saturated carbocycles. The Kier molecular flexibility index (Phi) is 5.23. The van der Waals surface area contributed by atoms with E-state index in [1.54, 1.807) is 11.3 Å². The van der Waals surface area contributed by atoms with Crippen molar-refractivity contribution in [2.45, 2.75) is 6.92 Å². The summed E-state index contributed by atoms with van der Waals surface area (Å²) < 4.78 is 7.31. The Morgan fingerprint density at radius 3 is 2.81 bits per heavy atom. The fourth-order valence-electron chi connectivity index (χ4n) is 3.14. The number of rotatable bonds is 4. The fraction of sp³-hybridized carbons (Fsp3) is 0.0870. The summed E-state index contributed by atoms with van der Waals surface area (Å²) in [6.45, 7) is 2.09. The third kappa shape index (κ3) is 4.21. The van der Waals surface area contributed by atoms with Gasteiger partial charge in [-0.1, -0.05) is 23.8 Å². The van der Waals surface area contributed by atoms with Gasteiger partial charge in [0.2, 0.25) is 4.80 Å². The van der Waals surface area contributed by atoms with Crippen LogP contribution < -0.4 is 14.9 Å². The number of ether oxygens (including phenoxy) is 1. The highest BCUT2D eigenvalue weighted by Gasteiger charge is 2.17. The lowest BCUT2D eigenvalue weighted by molar-refractivity contribution is -0.118. The van der Waals surface area contributed by atoms with Crippen LogP contribution in [0.1, 0.15) is 10.4 Å². The van der Waals surface area contributed by atoms with Crippen LogP contribution in [0.5, 0.6) is 5.75 Å². The van der Waals surface area contributed by atoms with Crippen molar-refractivity contribution in [1.29, 1.82) is 0 Å². The number of thiazole rings is 1. The van der Waals surface area contributed by atoms with Gasteiger partial charge < -0.3 is 10.1 Å². The number of nitrogens with zero attached hydrogens (tertiary/aromatic N) is 3. The van der Waals surface area contributed by atoms with E-state index < -0.39 is 0 Å². The molecule has 0 saturated heterocycles. The van der Waals surface area contributed by atoms with Gasteiger partial charge in [0.05, 0.1) is 23.3 Å². The molecule has 0 aliphatic carbocycles. The van der Waals surface area contributed by atoms with E-state index in [-0.39, 0.29) is 12.5 Å². The minimum absolute atomic E-state index is 0.0372. The van der Waals surface area contributed by atoms with E-state index in [0.29, 0.717) is 11.4 Å². The summed E-state index contributed by atoms with van der Waals surface area (Å²) in [4.78, 5) is 18.3. The lowest BCUT2D eigenvalue weighted by atomic mass is 10.1. The maximum absolute atomic E-state index is 11.7. The van der Waals surface area contributed by atoms with Gasteiger partial charge >= 0.3 is 0 Å². The molecule has 4 aromatic rings. The zero-order chi connectivity index (χ0) is 21.2. The lowest BCUT2D eigenvalue weighted by Gasteiger charge is -2.18. The summed E-state index contributed by atoms with van der Waals surface area (Å²) in [7, 11) is 0. The predicted molar refractivity (Wildman–Crippen MR) is 126 cm³/mol. The van der Waals surface area contributed by atoms with Crippen molar-refractivity contribution in [1.82, 2.24) is 4.68 Å². The number of hydrogen-bond acceptors (Lipinski definition) is 6. The van der Waals surface area contributed by atoms with Gasteiger partial charge in [0.25, 0.3) is 5.91 Å². The van der Waals surface area contributed by atoms with Gasteiger partial charge in [0, 0.05) is 15.8 Å². The molecule has 8 heteroatoms. The van der Waals surface area contributed by atoms with Crippen molar-refractivity contribution in [2.24, 2.45) is 10.1 Å². The molecule has 1 aliphatic rings. The van der Waals surface area contributed by atoms with Crippen molar-refractivity contribution in [3.05, 3.63) is 80.6 Å². The van der Waals surface area contributed by atoms with E-state index in [9.17, 15) is 4.79 Å². The van der Waals surface area contributed by atoms with Gasteiger partial charge in [-0.25, -0.2) is 9.67 Å². The first-order valence-electron chi connectivity index (χ1n) is 9.62. The third-order valence-corrected chi connectivity index (χ3v) is 6.32. The number of thiophene rings is 1. The van der Waals surface area contributed by atoms with Crippen LogP contribution in [0.15, 0.2) is 75.5 Å². The van der Waals surface area contributed by atoms with E-state index in [0.717, 1.165) is 26.6 Å². The van der Waals surface area contributed by atoms with Crippen molar-refractivity contribution < 1.29 is 9.53 Å². The zero-order valence-corrected chi connectivity index (χ0v) is 18.2. The van der Waals surface area contributed by atoms with Crippen LogP contribution in [0.3, 0.4) is 0 Å². The second kappa shape index (κ2) is 8.33. The highest BCUT2D eigenvalue weighted by atomic mass is 32.1. The quantitative estimate of drug-likeness (QED) is 0.447. The number of aromatic nitrogens is 1. The van der Waals surface area contributed by atoms with Crippen LogP contribution in [-0.4, -0.2) is 23.4 Å². The summed E-state index contributed by atoms with van der Waals surface area (Å²) in [6.07, 6.45) is 1.83. The molecule has 1 aliphatic heterocycles. The van der Waals surface area contributed by atoms with Gasteiger partial charge in [-0.05, 0) is 48.7 Å². The molecule has 31 heavy (non-hydrogen) atoms. The van der Waals surface area contributed by atoms with E-state index in [4.69, 9.17) is 14.8 Å². The van der Waals surface area contributed by atoms with E-state index in [1.165, 1.54) is 16.9 Å². The van der Waals surface area contributed by atoms with Crippen molar-refractivity contribution in [2.75, 3.05) is 11.9 Å². The molecule has 3 heterocycles. The predicted octanol–water partition coefficient (Wildman–Crippen LogP) is 5.03. The maximum Gasteiger partial charge on any atom is 0.262 e. The Labute approximate surface area is 186 Å². The highest BCUT2D eigenvalue weighted by molar-refractivity contribution is 7.11. The number of nitrogens with one attached hydrogen (secondary N) is 1. The van der Waals surface area contributed by atoms with Gasteiger partial charge in [-0.2, -0.15) is 5.10 Å². The second-order valence-corrected chi connectivity index (χ2v) is 8.79. The summed E-state index contributed by atoms with van der Waals surface area (Å²) >= 11 is 3.14. The average Bonchev–Trinajstić information content (AvgIpc) is 3.43. The van der Waals surface area contributed by atoms with Gasteiger partial charge in [-0.15, -0.1) is 22.7 Å². The highest BCUT2D eigenvalue weighted by Crippen LogP contribution is 2.33. The number of amides is 1. The number of carbonyl (C=O) groups excluding carboxylic acids is 1. The SMILES string of the molecule is Cc1ccc(N=c2scc(-c3ccc4c(c3)NC(=O)CO4)n2N=Cc2cccs2)cc1. The first kappa shape index (κ1) is 19.5. The van der Waals surface area contributed by atoms with Crippen molar-refractivity contribution in [3.8, 4) is 17.0 Å². The summed E-state index contributed by atoms with van der Waals surface area (Å²) in [5, 5.41) is 11.6. The molecule has 0 bridgehead atoms. The van der Waals surface area contributed by atoms with Crippen LogP contribution in [0.4, 0.5) is 11.4 Å². The molecular weight excluding hydrogens is 428 g/mol. The smallest absolute Gasteiger partial charge is 0.262 e. The van der Waals surface area contributed by atoms with Crippen LogP contribution in [0, 0.1) is 6.92 Å². The first-order valence-corrected chi connectivity index (χ1v) is 11.4. The van der Waals surface area contributed by atoms with Crippen molar-refractivity contribution in [3.63, 3.8) is 0 Å². The Morgan fingerprint density at radius 1 is 1.13 bits per heavy atom. The second-order valence-electron chi connectivity index (χ2n) is 6.97. The molecule has 1 N–H and O–H groups in total. The minimum Gasteiger partial charge on any atom is -0.482 e. The Hall–Kier alpha value is -3.49. The molecule has 0 fully saturated rings. The lowest BCUT2D eigenvalue weighted by Crippen LogP contribution is -2.25. The number of fused-ring (bicyclic) bond motifs is 1. The van der Waals surface area contributed by atoms with Crippen LogP contribution in [-0.2, 0) is 4.79 Å². The van der Waals surface area contributed by atoms with E-state index in [2.05, 4.69) is 12.2 Å². The largest absolute Gasteiger partial charge is 0.482 e. The number of anilines is 1. The summed E-state index contributed by atoms with van der Waals surface area (Å²) in [6, 6.07) is 17.8. The van der Waals surface area contributed by atoms with Crippen LogP contribution in [0.2, 0.25) is 0 Å². The standard InChI is InChI=1S/C23H18N4O2S2/c1-15-4-7-17(8-5-15)25-23-27(24-12-18-3-2-10-30-18)20(14-31-23)16-6-9-21-19(11-16)26-22(28)13-29-21/h2-12,14H,13H2,1H3,(H,26,28). The summed E-state index contributed by atoms with van der Waals surface area (Å²) in [5.41, 5.74) is 4.50. The number of aryl methyl sites for hydroxylation is 1. The summed E-state index contributed by atoms with van der Waals surface area (Å²) in [5.74, 6) is 0.505. The zero-order valence-electron chi connectivity index (χ0n) is 16.6. The minimum atomic E-state index is -0.159. The first-order chi connectivity index (χ1) is 15.2. The number of carbonyl (C=O) groups is 1. The molecule has 6 nitrogen and oxygen atoms in total. The topological polar surface area (TPSA) is 68.0 Å². The molecule has 0 radical (unpaired) electrons. The molecule has 0 unspecified atom stereocenters. The Balaban J connectivity index is 1.62. The maximum atomic E-state index is 11.7. The molecule has 2 aromatic carbocycles. The average molecular weight is 447 g/mol. The van der Waals surface area contributed by atoms with Gasteiger partial charge in [0.1, 0.15) is 5.75 Å². The van der Waals surface area contributed by atoms with Crippen LogP contribution in [0.25, 0.3) is 11.3 Å². The van der Waals surface area contributed by atoms with Crippen molar-refractivity contribution >= 4 is 46.2 Å². The van der Waals surface area contributed by atoms with E-state index >= 15 is 0 Å². The number of benzene rings is 2. The molecule has 0 atom stereocenters. The molecule has 5 rings (SSSR count). The Morgan fingerprint density at radius 2 is 2.00 bits per heavy atom. The molecular formula is C23H18N4O2S2. The van der Waals surface area contributed by atoms with Crippen LogP contribution >= 0.6 is 22.7 Å². The van der Waals surface area contributed by atoms with Gasteiger partial charge in [-0.3, -0.25) is 4.79 Å². The fourth-order valence-corrected chi connectivity index (χ4v) is 4.57. The molecule has 1 amide bonds. The number of hydrogen-bond donors (Lipinski definition) is 1. The van der Waals surface area contributed by atoms with Gasteiger partial charge in [0.15, 0.2) is 6.61 Å². The molecule has 0 spiro atoms. The van der Waals surface area contributed by atoms with E-state index in [1.807, 2.05) is 76.2 Å². The molecule has 154 valence electrons.